The molecule has 2 rings (SSSR count). The molecule has 1 aliphatic heterocycles. The van der Waals surface area contributed by atoms with Crippen LogP contribution in [0.5, 0.6) is 0 Å². The molecule has 0 atom stereocenters. The molecule has 0 radical (unpaired) electrons. The summed E-state index contributed by atoms with van der Waals surface area (Å²) in [6.07, 6.45) is 1.76. The zero-order chi connectivity index (χ0) is 15.0. The van der Waals surface area contributed by atoms with Crippen molar-refractivity contribution >= 4 is 33.8 Å². The van der Waals surface area contributed by atoms with Crippen LogP contribution in [0, 0.1) is 0 Å². The predicted molar refractivity (Wildman–Crippen MR) is 91.1 cm³/mol. The summed E-state index contributed by atoms with van der Waals surface area (Å²) in [6, 6.07) is 3.80. The van der Waals surface area contributed by atoms with Crippen molar-refractivity contribution in [2.45, 2.75) is 49.3 Å². The van der Waals surface area contributed by atoms with Gasteiger partial charge in [0.05, 0.1) is 0 Å². The third-order valence-corrected chi connectivity index (χ3v) is 7.67. The van der Waals surface area contributed by atoms with Crippen molar-refractivity contribution < 1.29 is 8.42 Å². The smallest absolute Gasteiger partial charge is 0.252 e. The van der Waals surface area contributed by atoms with Crippen molar-refractivity contribution in [1.29, 1.82) is 0 Å². The summed E-state index contributed by atoms with van der Waals surface area (Å²) in [5.41, 5.74) is -0.00817. The van der Waals surface area contributed by atoms with Crippen LogP contribution in [-0.4, -0.2) is 38.9 Å². The van der Waals surface area contributed by atoms with E-state index in [0.717, 1.165) is 30.8 Å². The first-order chi connectivity index (χ1) is 9.23. The maximum Gasteiger partial charge on any atom is 0.252 e. The number of nitrogens with zero attached hydrogens (tertiary/aromatic N) is 1. The Labute approximate surface area is 138 Å². The molecule has 0 saturated carbocycles. The Kier molecular flexibility index (Phi) is 6.27. The highest BCUT2D eigenvalue weighted by atomic mass is 35.5. The first-order valence-electron chi connectivity index (χ1n) is 7.02. The minimum Gasteiger partial charge on any atom is -0.317 e. The Morgan fingerprint density at radius 2 is 1.81 bits per heavy atom. The molecule has 122 valence electrons. The van der Waals surface area contributed by atoms with Gasteiger partial charge in [-0.1, -0.05) is 20.8 Å². The van der Waals surface area contributed by atoms with Crippen LogP contribution < -0.4 is 5.32 Å². The van der Waals surface area contributed by atoms with Crippen molar-refractivity contribution in [3.63, 3.8) is 0 Å². The second-order valence-corrected chi connectivity index (χ2v) is 9.68. The molecule has 1 aliphatic rings. The van der Waals surface area contributed by atoms with E-state index in [0.29, 0.717) is 4.21 Å². The first kappa shape index (κ1) is 18.9. The molecule has 1 aromatic heterocycles. The number of hydrogen-bond acceptors (Lipinski definition) is 4. The van der Waals surface area contributed by atoms with Gasteiger partial charge in [-0.15, -0.1) is 23.7 Å². The van der Waals surface area contributed by atoms with Crippen LogP contribution in [0.2, 0.25) is 0 Å². The van der Waals surface area contributed by atoms with Crippen molar-refractivity contribution in [3.05, 3.63) is 17.0 Å². The van der Waals surface area contributed by atoms with E-state index in [2.05, 4.69) is 26.1 Å². The van der Waals surface area contributed by atoms with Crippen molar-refractivity contribution in [2.75, 3.05) is 20.1 Å². The molecule has 2 heterocycles. The van der Waals surface area contributed by atoms with Crippen LogP contribution in [0.4, 0.5) is 0 Å². The molecule has 0 aromatic carbocycles. The average Bonchev–Trinajstić information content (AvgIpc) is 2.89. The zero-order valence-electron chi connectivity index (χ0n) is 13.0. The lowest BCUT2D eigenvalue weighted by Crippen LogP contribution is -2.43. The van der Waals surface area contributed by atoms with Crippen LogP contribution in [0.15, 0.2) is 16.3 Å². The van der Waals surface area contributed by atoms with Gasteiger partial charge in [-0.25, -0.2) is 8.42 Å². The highest BCUT2D eigenvalue weighted by Gasteiger charge is 2.31. The van der Waals surface area contributed by atoms with E-state index >= 15 is 0 Å². The maximum atomic E-state index is 12.7. The second kappa shape index (κ2) is 6.96. The minimum absolute atomic E-state index is 0. The fraction of sp³-hybridized carbons (Fsp3) is 0.714. The molecular weight excluding hydrogens is 328 g/mol. The maximum absolute atomic E-state index is 12.7. The zero-order valence-corrected chi connectivity index (χ0v) is 15.5. The molecule has 1 fully saturated rings. The lowest BCUT2D eigenvalue weighted by atomic mass is 9.95. The van der Waals surface area contributed by atoms with Gasteiger partial charge in [0.15, 0.2) is 0 Å². The average molecular weight is 353 g/mol. The summed E-state index contributed by atoms with van der Waals surface area (Å²) in [7, 11) is -1.64. The molecule has 4 nitrogen and oxygen atoms in total. The topological polar surface area (TPSA) is 49.4 Å². The molecule has 0 spiro atoms. The van der Waals surface area contributed by atoms with Crippen LogP contribution >= 0.6 is 23.7 Å². The van der Waals surface area contributed by atoms with Gasteiger partial charge < -0.3 is 5.32 Å². The van der Waals surface area contributed by atoms with E-state index < -0.39 is 10.0 Å². The van der Waals surface area contributed by atoms with Gasteiger partial charge in [-0.2, -0.15) is 4.31 Å². The molecule has 21 heavy (non-hydrogen) atoms. The Balaban J connectivity index is 0.00000220. The van der Waals surface area contributed by atoms with Crippen LogP contribution in [0.25, 0.3) is 0 Å². The van der Waals surface area contributed by atoms with Crippen molar-refractivity contribution in [2.24, 2.45) is 0 Å². The van der Waals surface area contributed by atoms with Gasteiger partial charge in [0.25, 0.3) is 10.0 Å². The quantitative estimate of drug-likeness (QED) is 0.910. The number of piperidine rings is 1. The van der Waals surface area contributed by atoms with E-state index in [9.17, 15) is 8.42 Å². The number of nitrogens with one attached hydrogen (secondary N) is 1. The van der Waals surface area contributed by atoms with Crippen molar-refractivity contribution in [3.8, 4) is 0 Å². The van der Waals surface area contributed by atoms with E-state index in [1.54, 1.807) is 17.4 Å². The monoisotopic (exact) mass is 352 g/mol. The third kappa shape index (κ3) is 4.20. The lowest BCUT2D eigenvalue weighted by Gasteiger charge is -2.30. The molecule has 7 heteroatoms. The Morgan fingerprint density at radius 1 is 1.24 bits per heavy atom. The van der Waals surface area contributed by atoms with Gasteiger partial charge in [0.2, 0.25) is 0 Å². The summed E-state index contributed by atoms with van der Waals surface area (Å²) in [5.74, 6) is 0. The van der Waals surface area contributed by atoms with Gasteiger partial charge in [-0.05, 0) is 43.5 Å². The predicted octanol–water partition coefficient (Wildman–Crippen LogP) is 2.84. The third-order valence-electron chi connectivity index (χ3n) is 3.78. The van der Waals surface area contributed by atoms with Crippen LogP contribution in [0.3, 0.4) is 0 Å². The molecule has 1 saturated heterocycles. The van der Waals surface area contributed by atoms with Crippen LogP contribution in [-0.2, 0) is 15.4 Å². The summed E-state index contributed by atoms with van der Waals surface area (Å²) in [5, 5.41) is 3.27. The Morgan fingerprint density at radius 3 is 2.29 bits per heavy atom. The standard InChI is InChI=1S/C14H24N2O2S2.ClH/c1-14(2,3)12-5-6-13(19-12)20(17,18)16(4)11-7-9-15-10-8-11;/h5-6,11,15H,7-10H2,1-4H3;1H. The largest absolute Gasteiger partial charge is 0.317 e. The highest BCUT2D eigenvalue weighted by Crippen LogP contribution is 2.33. The van der Waals surface area contributed by atoms with Crippen LogP contribution in [0.1, 0.15) is 38.5 Å². The van der Waals surface area contributed by atoms with E-state index in [-0.39, 0.29) is 23.9 Å². The van der Waals surface area contributed by atoms with E-state index in [1.807, 2.05) is 6.07 Å². The van der Waals surface area contributed by atoms with Gasteiger partial charge in [-0.3, -0.25) is 0 Å². The Hall–Kier alpha value is -0.140. The van der Waals surface area contributed by atoms with Crippen molar-refractivity contribution in [1.82, 2.24) is 9.62 Å². The van der Waals surface area contributed by atoms with E-state index in [4.69, 9.17) is 0 Å². The molecule has 1 aromatic rings. The van der Waals surface area contributed by atoms with Gasteiger partial charge in [0.1, 0.15) is 4.21 Å². The summed E-state index contributed by atoms with van der Waals surface area (Å²) in [6.45, 7) is 8.09. The number of sulfonamides is 1. The molecule has 0 amide bonds. The number of halogens is 1. The van der Waals surface area contributed by atoms with Gasteiger partial charge >= 0.3 is 0 Å². The fourth-order valence-electron chi connectivity index (χ4n) is 2.37. The minimum atomic E-state index is -3.35. The summed E-state index contributed by atoms with van der Waals surface area (Å²) in [4.78, 5) is 1.11. The Bertz CT molecular complexity index is 558. The molecule has 0 bridgehead atoms. The summed E-state index contributed by atoms with van der Waals surface area (Å²) < 4.78 is 27.4. The first-order valence-corrected chi connectivity index (χ1v) is 9.27. The number of rotatable bonds is 3. The number of thiophene rings is 1. The fourth-order valence-corrected chi connectivity index (χ4v) is 5.34. The number of hydrogen-bond donors (Lipinski definition) is 1. The molecule has 0 unspecified atom stereocenters. The summed E-state index contributed by atoms with van der Waals surface area (Å²) >= 11 is 1.39. The second-order valence-electron chi connectivity index (χ2n) is 6.37. The highest BCUT2D eigenvalue weighted by molar-refractivity contribution is 7.91. The molecular formula is C14H25ClN2O2S2. The molecule has 0 aliphatic carbocycles. The van der Waals surface area contributed by atoms with E-state index in [1.165, 1.54) is 11.3 Å². The van der Waals surface area contributed by atoms with Gasteiger partial charge in [0, 0.05) is 18.0 Å². The SMILES string of the molecule is CN(C1CCNCC1)S(=O)(=O)c1ccc(C(C)(C)C)s1.Cl. The normalized spacial score (nSPS) is 17.8. The lowest BCUT2D eigenvalue weighted by molar-refractivity contribution is 0.297. The molecule has 1 N–H and O–H groups in total.